The first-order valence-electron chi connectivity index (χ1n) is 15.0. The zero-order valence-corrected chi connectivity index (χ0v) is 24.4. The van der Waals surface area contributed by atoms with Gasteiger partial charge in [0.2, 0.25) is 6.41 Å². The van der Waals surface area contributed by atoms with E-state index in [0.717, 1.165) is 73.8 Å². The number of carbonyl (C=O) groups is 1. The fraction of sp³-hybridized carbons (Fsp3) is 0.394. The molecule has 0 saturated carbocycles. The summed E-state index contributed by atoms with van der Waals surface area (Å²) in [5.41, 5.74) is 11.1. The predicted octanol–water partition coefficient (Wildman–Crippen LogP) is 3.74. The number of rotatable bonds is 14. The topological polar surface area (TPSA) is 125 Å². The van der Waals surface area contributed by atoms with Gasteiger partial charge in [-0.25, -0.2) is 4.39 Å². The number of nitrogens with one attached hydrogen (secondary N) is 4. The van der Waals surface area contributed by atoms with Crippen LogP contribution in [0.25, 0.3) is 11.1 Å². The van der Waals surface area contributed by atoms with Crippen LogP contribution in [0.2, 0.25) is 0 Å². The van der Waals surface area contributed by atoms with E-state index in [0.29, 0.717) is 49.2 Å². The molecule has 2 fully saturated rings. The third-order valence-corrected chi connectivity index (χ3v) is 8.00. The Kier molecular flexibility index (Phi) is 10.5. The van der Waals surface area contributed by atoms with Crippen molar-refractivity contribution in [2.75, 3.05) is 56.4 Å². The first-order chi connectivity index (χ1) is 21.0. The third kappa shape index (κ3) is 8.24. The van der Waals surface area contributed by atoms with Crippen LogP contribution in [0.15, 0.2) is 54.6 Å². The van der Waals surface area contributed by atoms with E-state index in [1.165, 1.54) is 12.3 Å². The predicted molar refractivity (Wildman–Crippen MR) is 169 cm³/mol. The standard InChI is InChI=1S/C33H41FN6O3/c34-26-17-27(40-13-11-37-12-14-40)19-30(18-26)42-28(7-10-39-22-41)4-1-23-2-6-33(43-29-8-9-38-21-29)31(15-23)24-3-5-32(36)25(16-24)20-35/h2-3,5-6,15-20,22,28-29,35,37-38H,1,4,7-14,21,36H2,(H,39,41)/t28?,29-/m0/s1. The van der Waals surface area contributed by atoms with E-state index in [1.54, 1.807) is 6.07 Å². The second kappa shape index (κ2) is 14.8. The Hall–Kier alpha value is -4.15. The highest BCUT2D eigenvalue weighted by Crippen LogP contribution is 2.34. The molecule has 9 nitrogen and oxygen atoms in total. The molecule has 228 valence electrons. The van der Waals surface area contributed by atoms with Gasteiger partial charge in [0.1, 0.15) is 29.5 Å². The van der Waals surface area contributed by atoms with Gasteiger partial charge < -0.3 is 41.5 Å². The number of anilines is 2. The molecular weight excluding hydrogens is 547 g/mol. The van der Waals surface area contributed by atoms with Crippen molar-refractivity contribution >= 4 is 24.0 Å². The molecule has 0 aromatic heterocycles. The summed E-state index contributed by atoms with van der Waals surface area (Å²) >= 11 is 0. The van der Waals surface area contributed by atoms with Gasteiger partial charge >= 0.3 is 0 Å². The Morgan fingerprint density at radius 2 is 1.93 bits per heavy atom. The highest BCUT2D eigenvalue weighted by molar-refractivity contribution is 5.88. The van der Waals surface area contributed by atoms with Crippen molar-refractivity contribution < 1.29 is 18.7 Å². The lowest BCUT2D eigenvalue weighted by Gasteiger charge is -2.30. The summed E-state index contributed by atoms with van der Waals surface area (Å²) < 4.78 is 27.4. The van der Waals surface area contributed by atoms with E-state index in [-0.39, 0.29) is 18.0 Å². The third-order valence-electron chi connectivity index (χ3n) is 8.00. The maximum absolute atomic E-state index is 14.6. The maximum atomic E-state index is 14.6. The molecule has 0 bridgehead atoms. The summed E-state index contributed by atoms with van der Waals surface area (Å²) in [6, 6.07) is 16.8. The van der Waals surface area contributed by atoms with Crippen LogP contribution >= 0.6 is 0 Å². The number of aryl methyl sites for hydroxylation is 1. The number of piperazine rings is 1. The second-order valence-electron chi connectivity index (χ2n) is 11.1. The number of ether oxygens (including phenoxy) is 2. The van der Waals surface area contributed by atoms with Crippen LogP contribution in [0.5, 0.6) is 11.5 Å². The molecule has 5 rings (SSSR count). The normalized spacial score (nSPS) is 17.3. The van der Waals surface area contributed by atoms with Gasteiger partial charge in [-0.15, -0.1) is 0 Å². The fourth-order valence-corrected chi connectivity index (χ4v) is 5.64. The number of hydrogen-bond donors (Lipinski definition) is 5. The lowest BCUT2D eigenvalue weighted by Crippen LogP contribution is -2.43. The minimum Gasteiger partial charge on any atom is -0.490 e. The average molecular weight is 589 g/mol. The molecule has 2 atom stereocenters. The van der Waals surface area contributed by atoms with Crippen molar-refractivity contribution in [3.8, 4) is 22.6 Å². The summed E-state index contributed by atoms with van der Waals surface area (Å²) in [6.45, 7) is 5.53. The molecule has 6 N–H and O–H groups in total. The zero-order chi connectivity index (χ0) is 30.0. The number of carbonyl (C=O) groups excluding carboxylic acids is 1. The molecule has 3 aromatic rings. The minimum absolute atomic E-state index is 0.0982. The first-order valence-corrected chi connectivity index (χ1v) is 15.0. The van der Waals surface area contributed by atoms with Crippen LogP contribution in [0.3, 0.4) is 0 Å². The van der Waals surface area contributed by atoms with Gasteiger partial charge in [0.15, 0.2) is 0 Å². The van der Waals surface area contributed by atoms with E-state index in [9.17, 15) is 9.18 Å². The molecule has 10 heteroatoms. The average Bonchev–Trinajstić information content (AvgIpc) is 3.54. The highest BCUT2D eigenvalue weighted by atomic mass is 19.1. The number of benzene rings is 3. The zero-order valence-electron chi connectivity index (χ0n) is 24.4. The van der Waals surface area contributed by atoms with Crippen LogP contribution < -0.4 is 36.1 Å². The summed E-state index contributed by atoms with van der Waals surface area (Å²) in [5, 5.41) is 17.2. The summed E-state index contributed by atoms with van der Waals surface area (Å²) in [6.07, 6.45) is 4.70. The number of amides is 1. The molecule has 43 heavy (non-hydrogen) atoms. The van der Waals surface area contributed by atoms with E-state index < -0.39 is 0 Å². The highest BCUT2D eigenvalue weighted by Gasteiger charge is 2.20. The van der Waals surface area contributed by atoms with Crippen molar-refractivity contribution in [3.05, 3.63) is 71.5 Å². The van der Waals surface area contributed by atoms with E-state index in [2.05, 4.69) is 33.0 Å². The Bertz CT molecular complexity index is 1390. The Labute approximate surface area is 252 Å². The Morgan fingerprint density at radius 3 is 2.70 bits per heavy atom. The molecule has 0 spiro atoms. The molecule has 3 aromatic carbocycles. The van der Waals surface area contributed by atoms with Gasteiger partial charge in [-0.1, -0.05) is 12.1 Å². The monoisotopic (exact) mass is 588 g/mol. The molecule has 0 aliphatic carbocycles. The van der Waals surface area contributed by atoms with Gasteiger partial charge in [0.25, 0.3) is 0 Å². The first kappa shape index (κ1) is 30.3. The molecule has 1 amide bonds. The number of nitrogen functional groups attached to an aromatic ring is 1. The smallest absolute Gasteiger partial charge is 0.207 e. The van der Waals surface area contributed by atoms with Crippen LogP contribution in [0.1, 0.15) is 30.4 Å². The fourth-order valence-electron chi connectivity index (χ4n) is 5.64. The lowest BCUT2D eigenvalue weighted by atomic mass is 9.96. The lowest BCUT2D eigenvalue weighted by molar-refractivity contribution is -0.109. The van der Waals surface area contributed by atoms with Crippen molar-refractivity contribution in [1.29, 1.82) is 5.41 Å². The van der Waals surface area contributed by atoms with Crippen LogP contribution in [0.4, 0.5) is 15.8 Å². The molecule has 1 unspecified atom stereocenters. The summed E-state index contributed by atoms with van der Waals surface area (Å²) in [5.74, 6) is 0.947. The van der Waals surface area contributed by atoms with Crippen molar-refractivity contribution in [3.63, 3.8) is 0 Å². The molecular formula is C33H41FN6O3. The van der Waals surface area contributed by atoms with E-state index >= 15 is 0 Å². The summed E-state index contributed by atoms with van der Waals surface area (Å²) in [4.78, 5) is 13.1. The largest absolute Gasteiger partial charge is 0.490 e. The molecule has 2 aliphatic heterocycles. The number of nitrogens with zero attached hydrogens (tertiary/aromatic N) is 1. The SMILES string of the molecule is N=Cc1cc(-c2cc(CCC(CCNC=O)Oc3cc(F)cc(N4CCNCC4)c3)ccc2O[C@H]2CCNC2)ccc1N. The molecule has 2 aliphatic rings. The van der Waals surface area contributed by atoms with Gasteiger partial charge in [-0.2, -0.15) is 0 Å². The summed E-state index contributed by atoms with van der Waals surface area (Å²) in [7, 11) is 0. The van der Waals surface area contributed by atoms with Crippen molar-refractivity contribution in [1.82, 2.24) is 16.0 Å². The van der Waals surface area contributed by atoms with Crippen molar-refractivity contribution in [2.24, 2.45) is 0 Å². The van der Waals surface area contributed by atoms with Crippen LogP contribution in [-0.2, 0) is 11.2 Å². The molecule has 0 radical (unpaired) electrons. The second-order valence-corrected chi connectivity index (χ2v) is 11.1. The Balaban J connectivity index is 1.35. The number of halogens is 1. The van der Waals surface area contributed by atoms with Gasteiger partial charge in [-0.05, 0) is 67.3 Å². The molecule has 2 heterocycles. The van der Waals surface area contributed by atoms with Crippen LogP contribution in [0, 0.1) is 11.2 Å². The maximum Gasteiger partial charge on any atom is 0.207 e. The van der Waals surface area contributed by atoms with Gasteiger partial charge in [0.05, 0.1) is 0 Å². The van der Waals surface area contributed by atoms with Crippen LogP contribution in [-0.4, -0.2) is 70.6 Å². The van der Waals surface area contributed by atoms with E-state index in [1.807, 2.05) is 30.3 Å². The minimum atomic E-state index is -0.332. The van der Waals surface area contributed by atoms with Gasteiger partial charge in [-0.3, -0.25) is 4.79 Å². The number of nitrogens with two attached hydrogens (primary N) is 1. The van der Waals surface area contributed by atoms with E-state index in [4.69, 9.17) is 20.6 Å². The van der Waals surface area contributed by atoms with Crippen molar-refractivity contribution in [2.45, 2.75) is 37.9 Å². The molecule has 2 saturated heterocycles. The van der Waals surface area contributed by atoms with Gasteiger partial charge in [0, 0.05) is 86.5 Å². The number of hydrogen-bond acceptors (Lipinski definition) is 8. The quantitative estimate of drug-likeness (QED) is 0.0841. The Morgan fingerprint density at radius 1 is 1.07 bits per heavy atom.